The summed E-state index contributed by atoms with van der Waals surface area (Å²) in [6.07, 6.45) is 1.29. The molecule has 0 heterocycles. The van der Waals surface area contributed by atoms with Crippen molar-refractivity contribution < 1.29 is 18.3 Å². The van der Waals surface area contributed by atoms with Crippen LogP contribution in [0.25, 0.3) is 0 Å². The summed E-state index contributed by atoms with van der Waals surface area (Å²) in [7, 11) is -1.44. The first kappa shape index (κ1) is 15.5. The molecule has 0 aliphatic rings. The van der Waals surface area contributed by atoms with E-state index >= 15 is 0 Å². The van der Waals surface area contributed by atoms with Gasteiger partial charge in [-0.1, -0.05) is 15.9 Å². The summed E-state index contributed by atoms with van der Waals surface area (Å²) >= 11 is 3.33. The van der Waals surface area contributed by atoms with Gasteiger partial charge in [0.15, 0.2) is 0 Å². The van der Waals surface area contributed by atoms with E-state index in [1.807, 2.05) is 6.07 Å². The number of aliphatic hydroxyl groups is 1. The van der Waals surface area contributed by atoms with Crippen molar-refractivity contribution >= 4 is 25.8 Å². The van der Waals surface area contributed by atoms with Gasteiger partial charge in [-0.15, -0.1) is 0 Å². The van der Waals surface area contributed by atoms with Crippen molar-refractivity contribution in [1.29, 1.82) is 0 Å². The van der Waals surface area contributed by atoms with Crippen molar-refractivity contribution in [1.82, 2.24) is 0 Å². The van der Waals surface area contributed by atoms with Gasteiger partial charge in [0.25, 0.3) is 0 Å². The fourth-order valence-corrected chi connectivity index (χ4v) is 2.73. The van der Waals surface area contributed by atoms with Crippen LogP contribution in [0.5, 0.6) is 5.75 Å². The third-order valence-corrected chi connectivity index (χ3v) is 4.07. The molecule has 4 nitrogen and oxygen atoms in total. The van der Waals surface area contributed by atoms with Gasteiger partial charge in [-0.3, -0.25) is 0 Å². The molecule has 0 aliphatic heterocycles. The summed E-state index contributed by atoms with van der Waals surface area (Å²) < 4.78 is 28.0. The molecule has 1 aromatic carbocycles. The van der Waals surface area contributed by atoms with Crippen molar-refractivity contribution in [2.45, 2.75) is 18.9 Å². The van der Waals surface area contributed by atoms with Crippen LogP contribution in [0.15, 0.2) is 22.7 Å². The van der Waals surface area contributed by atoms with E-state index in [2.05, 4.69) is 15.9 Å². The molecule has 102 valence electrons. The maximum atomic E-state index is 11.0. The van der Waals surface area contributed by atoms with Crippen molar-refractivity contribution in [3.05, 3.63) is 28.2 Å². The number of hydrogen-bond acceptors (Lipinski definition) is 4. The number of ether oxygens (including phenoxy) is 1. The van der Waals surface area contributed by atoms with Gasteiger partial charge in [0.1, 0.15) is 15.6 Å². The van der Waals surface area contributed by atoms with Crippen LogP contribution in [-0.4, -0.2) is 32.6 Å². The first-order valence-corrected chi connectivity index (χ1v) is 8.38. The lowest BCUT2D eigenvalue weighted by Gasteiger charge is -2.15. The third-order valence-electron chi connectivity index (χ3n) is 2.54. The van der Waals surface area contributed by atoms with E-state index in [9.17, 15) is 13.5 Å². The summed E-state index contributed by atoms with van der Waals surface area (Å²) in [5.74, 6) is 0.686. The van der Waals surface area contributed by atoms with E-state index in [1.54, 1.807) is 12.1 Å². The van der Waals surface area contributed by atoms with Gasteiger partial charge in [-0.05, 0) is 31.0 Å². The van der Waals surface area contributed by atoms with Crippen LogP contribution in [0.3, 0.4) is 0 Å². The van der Waals surface area contributed by atoms with Crippen LogP contribution in [0.4, 0.5) is 0 Å². The van der Waals surface area contributed by atoms with Gasteiger partial charge >= 0.3 is 0 Å². The third kappa shape index (κ3) is 4.96. The number of sulfone groups is 1. The molecule has 0 saturated heterocycles. The monoisotopic (exact) mass is 336 g/mol. The Hall–Kier alpha value is -0.590. The van der Waals surface area contributed by atoms with Crippen molar-refractivity contribution in [2.75, 3.05) is 19.1 Å². The lowest BCUT2D eigenvalue weighted by Crippen LogP contribution is -2.06. The zero-order valence-electron chi connectivity index (χ0n) is 10.4. The van der Waals surface area contributed by atoms with E-state index < -0.39 is 15.9 Å². The highest BCUT2D eigenvalue weighted by molar-refractivity contribution is 9.10. The maximum Gasteiger partial charge on any atom is 0.147 e. The Morgan fingerprint density at radius 3 is 2.67 bits per heavy atom. The Kier molecular flexibility index (Phi) is 5.62. The number of methoxy groups -OCH3 is 1. The Morgan fingerprint density at radius 1 is 1.44 bits per heavy atom. The highest BCUT2D eigenvalue weighted by atomic mass is 79.9. The predicted molar refractivity (Wildman–Crippen MR) is 74.6 cm³/mol. The number of benzene rings is 1. The Balaban J connectivity index is 2.71. The molecule has 1 N–H and O–H groups in total. The molecule has 1 unspecified atom stereocenters. The van der Waals surface area contributed by atoms with Gasteiger partial charge in [-0.25, -0.2) is 8.42 Å². The minimum absolute atomic E-state index is 0.0837. The predicted octanol–water partition coefficient (Wildman–Crippen LogP) is 2.32. The van der Waals surface area contributed by atoms with E-state index in [1.165, 1.54) is 13.4 Å². The molecular formula is C12H17BrO4S. The molecular weight excluding hydrogens is 320 g/mol. The SMILES string of the molecule is COc1ccc(Br)cc1C(O)CCCS(C)(=O)=O. The van der Waals surface area contributed by atoms with E-state index in [0.29, 0.717) is 24.2 Å². The fraction of sp³-hybridized carbons (Fsp3) is 0.500. The number of hydrogen-bond donors (Lipinski definition) is 1. The van der Waals surface area contributed by atoms with Gasteiger partial charge in [0.05, 0.1) is 13.2 Å². The smallest absolute Gasteiger partial charge is 0.147 e. The second-order valence-corrected chi connectivity index (χ2v) is 7.35. The van der Waals surface area contributed by atoms with Gasteiger partial charge in [0, 0.05) is 22.0 Å². The molecule has 0 radical (unpaired) electrons. The second kappa shape index (κ2) is 6.54. The summed E-state index contributed by atoms with van der Waals surface area (Å²) in [5.41, 5.74) is 0.667. The minimum Gasteiger partial charge on any atom is -0.496 e. The quantitative estimate of drug-likeness (QED) is 0.865. The normalized spacial score (nSPS) is 13.3. The van der Waals surface area contributed by atoms with Gasteiger partial charge in [0.2, 0.25) is 0 Å². The van der Waals surface area contributed by atoms with E-state index in [4.69, 9.17) is 4.74 Å². The molecule has 0 aromatic heterocycles. The lowest BCUT2D eigenvalue weighted by molar-refractivity contribution is 0.162. The van der Waals surface area contributed by atoms with Crippen LogP contribution in [0, 0.1) is 0 Å². The molecule has 1 aromatic rings. The van der Waals surface area contributed by atoms with Crippen LogP contribution in [-0.2, 0) is 9.84 Å². The summed E-state index contributed by atoms with van der Waals surface area (Å²) in [4.78, 5) is 0. The first-order chi connectivity index (χ1) is 8.33. The average molecular weight is 337 g/mol. The summed E-state index contributed by atoms with van der Waals surface area (Å²) in [6, 6.07) is 5.37. The highest BCUT2D eigenvalue weighted by Crippen LogP contribution is 2.30. The van der Waals surface area contributed by atoms with Crippen molar-refractivity contribution in [3.63, 3.8) is 0 Å². The number of halogens is 1. The molecule has 0 spiro atoms. The van der Waals surface area contributed by atoms with Crippen LogP contribution in [0.2, 0.25) is 0 Å². The van der Waals surface area contributed by atoms with Gasteiger partial charge < -0.3 is 9.84 Å². The maximum absolute atomic E-state index is 11.0. The molecule has 1 atom stereocenters. The minimum atomic E-state index is -2.98. The van der Waals surface area contributed by atoms with Crippen LogP contribution in [0.1, 0.15) is 24.5 Å². The van der Waals surface area contributed by atoms with Gasteiger partial charge in [-0.2, -0.15) is 0 Å². The second-order valence-electron chi connectivity index (χ2n) is 4.17. The molecule has 18 heavy (non-hydrogen) atoms. The first-order valence-electron chi connectivity index (χ1n) is 5.52. The average Bonchev–Trinajstić information content (AvgIpc) is 2.27. The lowest BCUT2D eigenvalue weighted by atomic mass is 10.0. The number of rotatable bonds is 6. The van der Waals surface area contributed by atoms with E-state index in [0.717, 1.165) is 4.47 Å². The summed E-state index contributed by atoms with van der Waals surface area (Å²) in [5, 5.41) is 10.1. The zero-order chi connectivity index (χ0) is 13.8. The molecule has 0 saturated carbocycles. The molecule has 0 fully saturated rings. The zero-order valence-corrected chi connectivity index (χ0v) is 12.8. The molecule has 0 bridgehead atoms. The van der Waals surface area contributed by atoms with Crippen molar-refractivity contribution in [2.24, 2.45) is 0 Å². The topological polar surface area (TPSA) is 63.6 Å². The Labute approximate surface area is 116 Å². The fourth-order valence-electron chi connectivity index (χ4n) is 1.66. The largest absolute Gasteiger partial charge is 0.496 e. The van der Waals surface area contributed by atoms with E-state index in [-0.39, 0.29) is 5.75 Å². The standard InChI is InChI=1S/C12H17BrO4S/c1-17-12-6-5-9(13)8-10(12)11(14)4-3-7-18(2,15)16/h5-6,8,11,14H,3-4,7H2,1-2H3. The molecule has 1 rings (SSSR count). The van der Waals surface area contributed by atoms with Crippen LogP contribution < -0.4 is 4.74 Å². The highest BCUT2D eigenvalue weighted by Gasteiger charge is 2.14. The Morgan fingerprint density at radius 2 is 2.11 bits per heavy atom. The Bertz CT molecular complexity index is 499. The number of aliphatic hydroxyl groups excluding tert-OH is 1. The van der Waals surface area contributed by atoms with Crippen molar-refractivity contribution in [3.8, 4) is 5.75 Å². The van der Waals surface area contributed by atoms with Crippen LogP contribution >= 0.6 is 15.9 Å². The summed E-state index contributed by atoms with van der Waals surface area (Å²) in [6.45, 7) is 0. The molecule has 0 amide bonds. The molecule has 6 heteroatoms. The molecule has 0 aliphatic carbocycles.